The van der Waals surface area contributed by atoms with E-state index in [2.05, 4.69) is 5.32 Å². The summed E-state index contributed by atoms with van der Waals surface area (Å²) in [6.45, 7) is 2.12. The van der Waals surface area contributed by atoms with Gasteiger partial charge in [0.05, 0.1) is 13.0 Å². The number of aliphatic carboxylic acids is 1. The Morgan fingerprint density at radius 2 is 1.95 bits per heavy atom. The van der Waals surface area contributed by atoms with Crippen molar-refractivity contribution >= 4 is 29.3 Å². The maximum atomic E-state index is 11.9. The molecule has 0 unspecified atom stereocenters. The van der Waals surface area contributed by atoms with Crippen LogP contribution in [0.1, 0.15) is 18.9 Å². The van der Waals surface area contributed by atoms with Gasteiger partial charge in [-0.3, -0.25) is 4.79 Å². The molecule has 1 aromatic carbocycles. The lowest BCUT2D eigenvalue weighted by molar-refractivity contribution is -0.151. The molecule has 114 valence electrons. The van der Waals surface area contributed by atoms with Gasteiger partial charge in [-0.15, -0.1) is 0 Å². The fraction of sp³-hybridized carbons (Fsp3) is 0.357. The van der Waals surface area contributed by atoms with Crippen LogP contribution in [0.4, 0.5) is 0 Å². The lowest BCUT2D eigenvalue weighted by Gasteiger charge is -2.17. The van der Waals surface area contributed by atoms with E-state index in [1.54, 1.807) is 19.1 Å². The van der Waals surface area contributed by atoms with Gasteiger partial charge in [-0.25, -0.2) is 4.79 Å². The largest absolute Gasteiger partial charge is 0.481 e. The standard InChI is InChI=1S/C14H17NO5S/c1-2-19-14(21)15-11(8-12(16)17)13(18)20-9-10-6-4-3-5-7-10/h3-7,11H,2,8-9H2,1H3,(H,15,21)(H,16,17)/t11-/m0/s1. The average molecular weight is 311 g/mol. The summed E-state index contributed by atoms with van der Waals surface area (Å²) < 4.78 is 10.1. The van der Waals surface area contributed by atoms with E-state index in [0.717, 1.165) is 5.56 Å². The van der Waals surface area contributed by atoms with Gasteiger partial charge in [-0.05, 0) is 24.7 Å². The molecule has 1 rings (SSSR count). The summed E-state index contributed by atoms with van der Waals surface area (Å²) in [6.07, 6.45) is -0.444. The first-order valence-electron chi connectivity index (χ1n) is 6.38. The number of hydrogen-bond acceptors (Lipinski definition) is 5. The molecule has 0 aliphatic heterocycles. The molecule has 6 nitrogen and oxygen atoms in total. The molecule has 7 heteroatoms. The van der Waals surface area contributed by atoms with Gasteiger partial charge in [-0.2, -0.15) is 0 Å². The van der Waals surface area contributed by atoms with Crippen LogP contribution in [0, 0.1) is 0 Å². The van der Waals surface area contributed by atoms with E-state index in [1.165, 1.54) is 0 Å². The van der Waals surface area contributed by atoms with E-state index >= 15 is 0 Å². The summed E-state index contributed by atoms with van der Waals surface area (Å²) in [5.74, 6) is -1.83. The van der Waals surface area contributed by atoms with Gasteiger partial charge in [0.2, 0.25) is 0 Å². The first-order valence-corrected chi connectivity index (χ1v) is 6.79. The average Bonchev–Trinajstić information content (AvgIpc) is 2.45. The quantitative estimate of drug-likeness (QED) is 0.583. The van der Waals surface area contributed by atoms with Crippen molar-refractivity contribution in [2.45, 2.75) is 26.0 Å². The van der Waals surface area contributed by atoms with E-state index < -0.39 is 24.4 Å². The molecular formula is C14H17NO5S. The number of rotatable bonds is 7. The maximum absolute atomic E-state index is 11.9. The molecule has 0 radical (unpaired) electrons. The van der Waals surface area contributed by atoms with Crippen LogP contribution in [0.2, 0.25) is 0 Å². The number of benzene rings is 1. The Balaban J connectivity index is 2.58. The van der Waals surface area contributed by atoms with Crippen molar-refractivity contribution in [2.24, 2.45) is 0 Å². The minimum atomic E-state index is -1.14. The number of carbonyl (C=O) groups is 2. The fourth-order valence-electron chi connectivity index (χ4n) is 1.51. The zero-order valence-corrected chi connectivity index (χ0v) is 12.4. The lowest BCUT2D eigenvalue weighted by atomic mass is 10.2. The summed E-state index contributed by atoms with van der Waals surface area (Å²) in [5, 5.41) is 11.3. The highest BCUT2D eigenvalue weighted by Crippen LogP contribution is 2.04. The smallest absolute Gasteiger partial charge is 0.329 e. The van der Waals surface area contributed by atoms with Crippen molar-refractivity contribution in [3.05, 3.63) is 35.9 Å². The van der Waals surface area contributed by atoms with Crippen LogP contribution in [0.15, 0.2) is 30.3 Å². The SMILES string of the molecule is CCOC(=S)N[C@@H](CC(=O)O)C(=O)OCc1ccccc1. The van der Waals surface area contributed by atoms with E-state index in [9.17, 15) is 9.59 Å². The monoisotopic (exact) mass is 311 g/mol. The first kappa shape index (κ1) is 16.9. The molecule has 0 aromatic heterocycles. The van der Waals surface area contributed by atoms with E-state index in [-0.39, 0.29) is 11.8 Å². The van der Waals surface area contributed by atoms with Crippen molar-refractivity contribution in [3.63, 3.8) is 0 Å². The molecule has 0 heterocycles. The van der Waals surface area contributed by atoms with Crippen LogP contribution in [-0.4, -0.2) is 34.9 Å². The van der Waals surface area contributed by atoms with Gasteiger partial charge in [-0.1, -0.05) is 30.3 Å². The molecule has 21 heavy (non-hydrogen) atoms. The molecule has 1 atom stereocenters. The first-order chi connectivity index (χ1) is 10.0. The minimum absolute atomic E-state index is 0.0274. The van der Waals surface area contributed by atoms with E-state index in [4.69, 9.17) is 26.8 Å². The fourth-order valence-corrected chi connectivity index (χ4v) is 1.77. The number of carboxylic acids is 1. The number of esters is 1. The molecule has 0 bridgehead atoms. The molecule has 0 spiro atoms. The van der Waals surface area contributed by atoms with Crippen LogP contribution in [0.5, 0.6) is 0 Å². The lowest BCUT2D eigenvalue weighted by Crippen LogP contribution is -2.43. The molecule has 1 aromatic rings. The summed E-state index contributed by atoms with van der Waals surface area (Å²) in [6, 6.07) is 8.02. The van der Waals surface area contributed by atoms with Gasteiger partial charge >= 0.3 is 11.9 Å². The van der Waals surface area contributed by atoms with E-state index in [1.807, 2.05) is 18.2 Å². The third kappa shape index (κ3) is 6.71. The van der Waals surface area contributed by atoms with Crippen LogP contribution >= 0.6 is 12.2 Å². The van der Waals surface area contributed by atoms with Crippen molar-refractivity contribution in [1.82, 2.24) is 5.32 Å². The third-order valence-corrected chi connectivity index (χ3v) is 2.69. The van der Waals surface area contributed by atoms with Gasteiger partial charge in [0.25, 0.3) is 5.17 Å². The van der Waals surface area contributed by atoms with Crippen molar-refractivity contribution in [2.75, 3.05) is 6.61 Å². The molecule has 0 aliphatic rings. The number of nitrogens with one attached hydrogen (secondary N) is 1. The van der Waals surface area contributed by atoms with Gasteiger partial charge in [0.1, 0.15) is 12.6 Å². The van der Waals surface area contributed by atoms with Crippen molar-refractivity contribution < 1.29 is 24.2 Å². The highest BCUT2D eigenvalue weighted by atomic mass is 32.1. The highest BCUT2D eigenvalue weighted by Gasteiger charge is 2.24. The molecular weight excluding hydrogens is 294 g/mol. The van der Waals surface area contributed by atoms with Crippen LogP contribution in [0.3, 0.4) is 0 Å². The Kier molecular flexibility index (Phi) is 7.17. The predicted molar refractivity (Wildman–Crippen MR) is 79.6 cm³/mol. The molecule has 0 saturated heterocycles. The molecule has 0 fully saturated rings. The molecule has 0 amide bonds. The van der Waals surface area contributed by atoms with Gasteiger partial charge in [0, 0.05) is 0 Å². The van der Waals surface area contributed by atoms with Gasteiger partial charge < -0.3 is 19.9 Å². The number of hydrogen-bond donors (Lipinski definition) is 2. The van der Waals surface area contributed by atoms with Crippen molar-refractivity contribution in [1.29, 1.82) is 0 Å². The predicted octanol–water partition coefficient (Wildman–Crippen LogP) is 1.48. The summed E-state index contributed by atoms with van der Waals surface area (Å²) in [7, 11) is 0. The van der Waals surface area contributed by atoms with Crippen LogP contribution < -0.4 is 5.32 Å². The molecule has 0 saturated carbocycles. The number of carbonyl (C=O) groups excluding carboxylic acids is 1. The number of ether oxygens (including phenoxy) is 2. The maximum Gasteiger partial charge on any atom is 0.329 e. The Morgan fingerprint density at radius 1 is 1.29 bits per heavy atom. The van der Waals surface area contributed by atoms with Crippen molar-refractivity contribution in [3.8, 4) is 0 Å². The number of carboxylic acid groups (broad SMARTS) is 1. The summed E-state index contributed by atoms with van der Waals surface area (Å²) >= 11 is 4.85. The topological polar surface area (TPSA) is 84.9 Å². The second-order valence-electron chi connectivity index (χ2n) is 4.11. The number of thiocarbonyl (C=S) groups is 1. The second-order valence-corrected chi connectivity index (χ2v) is 4.48. The Bertz CT molecular complexity index is 491. The van der Waals surface area contributed by atoms with Crippen LogP contribution in [0.25, 0.3) is 0 Å². The zero-order valence-electron chi connectivity index (χ0n) is 11.6. The zero-order chi connectivity index (χ0) is 15.7. The molecule has 0 aliphatic carbocycles. The molecule has 2 N–H and O–H groups in total. The summed E-state index contributed by atoms with van der Waals surface area (Å²) in [5.41, 5.74) is 0.812. The second kappa shape index (κ2) is 8.91. The highest BCUT2D eigenvalue weighted by molar-refractivity contribution is 7.80. The Hall–Kier alpha value is -2.15. The van der Waals surface area contributed by atoms with Crippen LogP contribution in [-0.2, 0) is 25.7 Å². The third-order valence-electron chi connectivity index (χ3n) is 2.45. The Morgan fingerprint density at radius 3 is 2.52 bits per heavy atom. The normalized spacial score (nSPS) is 11.3. The van der Waals surface area contributed by atoms with Gasteiger partial charge in [0.15, 0.2) is 0 Å². The summed E-state index contributed by atoms with van der Waals surface area (Å²) in [4.78, 5) is 22.7. The Labute approximate surface area is 128 Å². The van der Waals surface area contributed by atoms with E-state index in [0.29, 0.717) is 6.61 Å². The minimum Gasteiger partial charge on any atom is -0.481 e.